The third-order valence-corrected chi connectivity index (χ3v) is 9.98. The SMILES string of the molecule is CC1CCCN(C(=O)OC(C)(C)C)[C@@H]1[C@@H](C)COc1nc2c(c(N3CCN(C(=O)C(F)(F)F)CC3)n1)CCN(c1cc(O)cc3ccccc13)C2. The molecule has 1 N–H and O–H groups in total. The number of phenols is 1. The van der Waals surface area contributed by atoms with Gasteiger partial charge in [-0.25, -0.2) is 4.79 Å². The molecule has 0 aliphatic carbocycles. The zero-order valence-electron chi connectivity index (χ0n) is 29.9. The smallest absolute Gasteiger partial charge is 0.471 e. The van der Waals surface area contributed by atoms with Gasteiger partial charge >= 0.3 is 24.2 Å². The summed E-state index contributed by atoms with van der Waals surface area (Å²) < 4.78 is 51.6. The molecule has 11 nitrogen and oxygen atoms in total. The van der Waals surface area contributed by atoms with Crippen molar-refractivity contribution in [2.24, 2.45) is 11.8 Å². The number of halogens is 3. The molecule has 6 rings (SSSR count). The fourth-order valence-electron chi connectivity index (χ4n) is 7.67. The fraction of sp³-hybridized carbons (Fsp3) is 0.568. The first-order valence-corrected chi connectivity index (χ1v) is 17.7. The van der Waals surface area contributed by atoms with Gasteiger partial charge in [-0.2, -0.15) is 23.1 Å². The summed E-state index contributed by atoms with van der Waals surface area (Å²) in [6.45, 7) is 11.7. The number of ether oxygens (including phenoxy) is 2. The third-order valence-electron chi connectivity index (χ3n) is 9.98. The topological polar surface area (TPSA) is 112 Å². The van der Waals surface area contributed by atoms with E-state index in [0.29, 0.717) is 31.9 Å². The molecule has 3 aliphatic heterocycles. The lowest BCUT2D eigenvalue weighted by Gasteiger charge is -2.43. The van der Waals surface area contributed by atoms with Crippen LogP contribution in [0.5, 0.6) is 11.8 Å². The normalized spacial score (nSPS) is 20.6. The molecule has 1 unspecified atom stereocenters. The van der Waals surface area contributed by atoms with Crippen molar-refractivity contribution in [1.82, 2.24) is 19.8 Å². The van der Waals surface area contributed by atoms with E-state index in [1.165, 1.54) is 0 Å². The molecule has 3 atom stereocenters. The number of piperidine rings is 1. The second kappa shape index (κ2) is 14.3. The molecule has 2 amide bonds. The van der Waals surface area contributed by atoms with Crippen molar-refractivity contribution in [3.63, 3.8) is 0 Å². The lowest BCUT2D eigenvalue weighted by molar-refractivity contribution is -0.185. The minimum absolute atomic E-state index is 0.0914. The molecule has 276 valence electrons. The highest BCUT2D eigenvalue weighted by molar-refractivity contribution is 5.95. The maximum Gasteiger partial charge on any atom is 0.471 e. The van der Waals surface area contributed by atoms with Crippen LogP contribution >= 0.6 is 0 Å². The highest BCUT2D eigenvalue weighted by atomic mass is 19.4. The molecule has 2 saturated heterocycles. The van der Waals surface area contributed by atoms with E-state index in [-0.39, 0.29) is 68.5 Å². The summed E-state index contributed by atoms with van der Waals surface area (Å²) >= 11 is 0. The Morgan fingerprint density at radius 1 is 1.00 bits per heavy atom. The quantitative estimate of drug-likeness (QED) is 0.321. The molecule has 0 radical (unpaired) electrons. The minimum Gasteiger partial charge on any atom is -0.508 e. The van der Waals surface area contributed by atoms with Gasteiger partial charge in [0.1, 0.15) is 17.2 Å². The van der Waals surface area contributed by atoms with Crippen LogP contribution in [0.25, 0.3) is 10.8 Å². The number of anilines is 2. The van der Waals surface area contributed by atoms with Crippen molar-refractivity contribution >= 4 is 34.3 Å². The number of rotatable bonds is 6. The molecule has 0 bridgehead atoms. The number of nitrogens with zero attached hydrogens (tertiary/aromatic N) is 6. The second-order valence-electron chi connectivity index (χ2n) is 15.0. The maximum absolute atomic E-state index is 13.2. The molecular formula is C37H47F3N6O5. The van der Waals surface area contributed by atoms with Gasteiger partial charge < -0.3 is 34.2 Å². The Hall–Kier alpha value is -4.49. The summed E-state index contributed by atoms with van der Waals surface area (Å²) in [5, 5.41) is 12.4. The number of aromatic nitrogens is 2. The summed E-state index contributed by atoms with van der Waals surface area (Å²) in [7, 11) is 0. The molecular weight excluding hydrogens is 665 g/mol. The predicted octanol–water partition coefficient (Wildman–Crippen LogP) is 6.16. The van der Waals surface area contributed by atoms with Gasteiger partial charge in [-0.3, -0.25) is 4.79 Å². The number of alkyl halides is 3. The van der Waals surface area contributed by atoms with Crippen LogP contribution in [0.4, 0.5) is 29.5 Å². The van der Waals surface area contributed by atoms with Crippen molar-refractivity contribution in [3.8, 4) is 11.8 Å². The van der Waals surface area contributed by atoms with E-state index in [1.807, 2.05) is 61.8 Å². The largest absolute Gasteiger partial charge is 0.508 e. The van der Waals surface area contributed by atoms with Crippen molar-refractivity contribution in [1.29, 1.82) is 0 Å². The van der Waals surface area contributed by atoms with E-state index in [2.05, 4.69) is 11.8 Å². The van der Waals surface area contributed by atoms with Crippen LogP contribution in [-0.2, 0) is 22.5 Å². The van der Waals surface area contributed by atoms with Gasteiger partial charge in [0.15, 0.2) is 0 Å². The maximum atomic E-state index is 13.2. The Kier molecular flexibility index (Phi) is 10.2. The van der Waals surface area contributed by atoms with Crippen molar-refractivity contribution in [2.75, 3.05) is 55.7 Å². The van der Waals surface area contributed by atoms with Crippen LogP contribution in [0.2, 0.25) is 0 Å². The van der Waals surface area contributed by atoms with Crippen LogP contribution in [0.1, 0.15) is 58.7 Å². The number of hydrogen-bond donors (Lipinski definition) is 1. The van der Waals surface area contributed by atoms with Gasteiger partial charge in [0.05, 0.1) is 18.8 Å². The summed E-state index contributed by atoms with van der Waals surface area (Å²) in [4.78, 5) is 41.6. The second-order valence-corrected chi connectivity index (χ2v) is 15.0. The lowest BCUT2D eigenvalue weighted by atomic mass is 9.83. The fourth-order valence-corrected chi connectivity index (χ4v) is 7.67. The van der Waals surface area contributed by atoms with Gasteiger partial charge in [0.2, 0.25) is 0 Å². The van der Waals surface area contributed by atoms with E-state index in [4.69, 9.17) is 19.4 Å². The molecule has 51 heavy (non-hydrogen) atoms. The first-order valence-electron chi connectivity index (χ1n) is 17.7. The number of benzene rings is 2. The summed E-state index contributed by atoms with van der Waals surface area (Å²) in [6, 6.07) is 11.3. The number of piperazine rings is 1. The molecule has 3 aromatic rings. The minimum atomic E-state index is -4.93. The van der Waals surface area contributed by atoms with Crippen molar-refractivity contribution < 1.29 is 37.3 Å². The Bertz CT molecular complexity index is 1760. The monoisotopic (exact) mass is 712 g/mol. The molecule has 0 saturated carbocycles. The molecule has 14 heteroatoms. The average molecular weight is 713 g/mol. The van der Waals surface area contributed by atoms with Crippen molar-refractivity contribution in [3.05, 3.63) is 47.7 Å². The summed E-state index contributed by atoms with van der Waals surface area (Å²) in [6.07, 6.45) is -2.87. The molecule has 1 aromatic heterocycles. The van der Waals surface area contributed by atoms with Gasteiger partial charge in [-0.15, -0.1) is 0 Å². The number of aromatic hydroxyl groups is 1. The molecule has 3 aliphatic rings. The highest BCUT2D eigenvalue weighted by Crippen LogP contribution is 2.37. The number of hydrogen-bond acceptors (Lipinski definition) is 9. The van der Waals surface area contributed by atoms with E-state index < -0.39 is 17.7 Å². The van der Waals surface area contributed by atoms with Crippen LogP contribution in [0, 0.1) is 11.8 Å². The Morgan fingerprint density at radius 3 is 2.43 bits per heavy atom. The van der Waals surface area contributed by atoms with Crippen LogP contribution in [0.3, 0.4) is 0 Å². The molecule has 4 heterocycles. The first-order chi connectivity index (χ1) is 24.1. The van der Waals surface area contributed by atoms with Gasteiger partial charge in [0, 0.05) is 73.9 Å². The number of likely N-dealkylation sites (tertiary alicyclic amines) is 1. The van der Waals surface area contributed by atoms with E-state index in [1.54, 1.807) is 12.1 Å². The summed E-state index contributed by atoms with van der Waals surface area (Å²) in [5.41, 5.74) is 1.83. The first kappa shape index (κ1) is 36.3. The van der Waals surface area contributed by atoms with Crippen molar-refractivity contribution in [2.45, 2.75) is 78.2 Å². The average Bonchev–Trinajstić information content (AvgIpc) is 3.08. The summed E-state index contributed by atoms with van der Waals surface area (Å²) in [5.74, 6) is -0.978. The highest BCUT2D eigenvalue weighted by Gasteiger charge is 2.44. The number of carbonyl (C=O) groups excluding carboxylic acids is 2. The Balaban J connectivity index is 1.27. The predicted molar refractivity (Wildman–Crippen MR) is 187 cm³/mol. The zero-order chi connectivity index (χ0) is 36.7. The van der Waals surface area contributed by atoms with Gasteiger partial charge in [0.25, 0.3) is 0 Å². The van der Waals surface area contributed by atoms with Crippen LogP contribution in [-0.4, -0.2) is 101 Å². The molecule has 0 spiro atoms. The van der Waals surface area contributed by atoms with Crippen LogP contribution in [0.15, 0.2) is 36.4 Å². The molecule has 2 aromatic carbocycles. The zero-order valence-corrected chi connectivity index (χ0v) is 29.9. The molecule has 2 fully saturated rings. The van der Waals surface area contributed by atoms with Gasteiger partial charge in [-0.1, -0.05) is 38.1 Å². The Labute approximate surface area is 296 Å². The number of phenolic OH excluding ortho intramolecular Hbond substituents is 1. The Morgan fingerprint density at radius 2 is 1.73 bits per heavy atom. The number of fused-ring (bicyclic) bond motifs is 2. The van der Waals surface area contributed by atoms with Crippen LogP contribution < -0.4 is 14.5 Å². The van der Waals surface area contributed by atoms with E-state index >= 15 is 0 Å². The number of carbonyl (C=O) groups is 2. The lowest BCUT2D eigenvalue weighted by Crippen LogP contribution is -2.53. The van der Waals surface area contributed by atoms with Gasteiger partial charge in [-0.05, 0) is 57.4 Å². The number of amides is 2. The third kappa shape index (κ3) is 8.04. The van der Waals surface area contributed by atoms with E-state index in [9.17, 15) is 27.9 Å². The standard InChI is InChI=1S/C37H47F3N6O5/c1-23-9-8-13-46(35(49)51-36(3,4)5)31(23)24(2)22-50-34-41-29-21-45(30-20-26(47)19-25-10-6-7-11-27(25)30)14-12-28(29)32(42-34)43-15-17-44(18-16-43)33(48)37(38,39)40/h6-7,10-11,19-20,23-24,31,47H,8-9,12-18,21-22H2,1-5H3/t23?,24-,31-/m0/s1. The van der Waals surface area contributed by atoms with E-state index in [0.717, 1.165) is 45.5 Å².